The Hall–Kier alpha value is -1.03. The van der Waals surface area contributed by atoms with Crippen molar-refractivity contribution in [2.45, 2.75) is 44.4 Å². The summed E-state index contributed by atoms with van der Waals surface area (Å²) in [5, 5.41) is 9.45. The second-order valence-corrected chi connectivity index (χ2v) is 6.22. The molecular formula is C15H20BrNO2. The molecule has 2 rings (SSSR count). The molecule has 1 saturated carbocycles. The van der Waals surface area contributed by atoms with Crippen molar-refractivity contribution in [2.24, 2.45) is 5.92 Å². The Kier molecular flexibility index (Phi) is 4.86. The topological polar surface area (TPSA) is 63.3 Å². The number of aliphatic carboxylic acids is 1. The summed E-state index contributed by atoms with van der Waals surface area (Å²) in [6.07, 6.45) is 6.76. The van der Waals surface area contributed by atoms with Crippen molar-refractivity contribution in [3.05, 3.63) is 28.2 Å². The number of carboxylic acids is 1. The third-order valence-electron chi connectivity index (χ3n) is 4.10. The predicted octanol–water partition coefficient (Wildman–Crippen LogP) is 4.17. The first-order chi connectivity index (χ1) is 9.09. The number of hydrogen-bond donors (Lipinski definition) is 2. The minimum Gasteiger partial charge on any atom is -0.481 e. The Morgan fingerprint density at radius 3 is 2.74 bits per heavy atom. The Bertz CT molecular complexity index is 455. The number of hydrogen-bond acceptors (Lipinski definition) is 2. The molecule has 3 N–H and O–H groups in total. The number of anilines is 1. The zero-order valence-corrected chi connectivity index (χ0v) is 12.5. The van der Waals surface area contributed by atoms with Gasteiger partial charge >= 0.3 is 5.97 Å². The van der Waals surface area contributed by atoms with E-state index in [1.165, 1.54) is 25.7 Å². The van der Waals surface area contributed by atoms with Crippen LogP contribution in [0.25, 0.3) is 0 Å². The monoisotopic (exact) mass is 325 g/mol. The molecule has 0 saturated heterocycles. The van der Waals surface area contributed by atoms with E-state index in [1.807, 2.05) is 18.2 Å². The van der Waals surface area contributed by atoms with E-state index in [4.69, 9.17) is 5.73 Å². The van der Waals surface area contributed by atoms with Crippen LogP contribution in [0.2, 0.25) is 0 Å². The number of carboxylic acid groups (broad SMARTS) is 1. The van der Waals surface area contributed by atoms with E-state index in [2.05, 4.69) is 15.9 Å². The highest BCUT2D eigenvalue weighted by molar-refractivity contribution is 9.10. The number of nitrogens with two attached hydrogens (primary N) is 1. The van der Waals surface area contributed by atoms with Crippen molar-refractivity contribution in [3.63, 3.8) is 0 Å². The molecule has 19 heavy (non-hydrogen) atoms. The normalized spacial score (nSPS) is 17.5. The smallest absolute Gasteiger partial charge is 0.311 e. The zero-order valence-electron chi connectivity index (χ0n) is 10.9. The number of carbonyl (C=O) groups is 1. The van der Waals surface area contributed by atoms with E-state index in [1.54, 1.807) is 0 Å². The number of rotatable bonds is 5. The van der Waals surface area contributed by atoms with Gasteiger partial charge in [0.05, 0.1) is 5.92 Å². The lowest BCUT2D eigenvalue weighted by Crippen LogP contribution is -2.15. The summed E-state index contributed by atoms with van der Waals surface area (Å²) in [4.78, 5) is 11.5. The molecule has 0 amide bonds. The van der Waals surface area contributed by atoms with Gasteiger partial charge in [-0.1, -0.05) is 37.8 Å². The van der Waals surface area contributed by atoms with Crippen molar-refractivity contribution in [1.82, 2.24) is 0 Å². The Morgan fingerprint density at radius 1 is 1.42 bits per heavy atom. The number of benzene rings is 1. The van der Waals surface area contributed by atoms with Gasteiger partial charge in [0.25, 0.3) is 0 Å². The highest BCUT2D eigenvalue weighted by atomic mass is 79.9. The molecule has 1 fully saturated rings. The lowest BCUT2D eigenvalue weighted by Gasteiger charge is -2.17. The standard InChI is InChI=1S/C15H20BrNO2/c16-13-7-3-6-11(14(13)17)12(15(18)19)9-8-10-4-1-2-5-10/h3,6-7,10,12H,1-2,4-5,8-9,17H2,(H,18,19). The van der Waals surface area contributed by atoms with Gasteiger partial charge in [-0.2, -0.15) is 0 Å². The fourth-order valence-electron chi connectivity index (χ4n) is 2.97. The van der Waals surface area contributed by atoms with Gasteiger partial charge in [0.2, 0.25) is 0 Å². The number of halogens is 1. The van der Waals surface area contributed by atoms with E-state index in [-0.39, 0.29) is 0 Å². The molecule has 0 aliphatic heterocycles. The van der Waals surface area contributed by atoms with Crippen LogP contribution in [0.4, 0.5) is 5.69 Å². The van der Waals surface area contributed by atoms with Crippen LogP contribution in [0.1, 0.15) is 50.0 Å². The lowest BCUT2D eigenvalue weighted by molar-refractivity contribution is -0.139. The summed E-state index contributed by atoms with van der Waals surface area (Å²) in [6.45, 7) is 0. The first-order valence-corrected chi connectivity index (χ1v) is 7.65. The SMILES string of the molecule is Nc1c(Br)cccc1C(CCC1CCCC1)C(=O)O. The van der Waals surface area contributed by atoms with Gasteiger partial charge in [-0.15, -0.1) is 0 Å². The van der Waals surface area contributed by atoms with Crippen molar-refractivity contribution < 1.29 is 9.90 Å². The van der Waals surface area contributed by atoms with E-state index in [0.717, 1.165) is 16.5 Å². The van der Waals surface area contributed by atoms with Crippen molar-refractivity contribution in [2.75, 3.05) is 5.73 Å². The minimum atomic E-state index is -0.775. The van der Waals surface area contributed by atoms with Crippen LogP contribution in [-0.4, -0.2) is 11.1 Å². The Morgan fingerprint density at radius 2 is 2.11 bits per heavy atom. The molecule has 0 bridgehead atoms. The predicted molar refractivity (Wildman–Crippen MR) is 80.1 cm³/mol. The van der Waals surface area contributed by atoms with Gasteiger partial charge < -0.3 is 10.8 Å². The van der Waals surface area contributed by atoms with Gasteiger partial charge in [0.15, 0.2) is 0 Å². The lowest BCUT2D eigenvalue weighted by atomic mass is 9.89. The minimum absolute atomic E-state index is 0.488. The average Bonchev–Trinajstić information content (AvgIpc) is 2.87. The largest absolute Gasteiger partial charge is 0.481 e. The quantitative estimate of drug-likeness (QED) is 0.798. The number of nitrogen functional groups attached to an aromatic ring is 1. The maximum Gasteiger partial charge on any atom is 0.311 e. The Balaban J connectivity index is 2.10. The van der Waals surface area contributed by atoms with E-state index >= 15 is 0 Å². The summed E-state index contributed by atoms with van der Waals surface area (Å²) in [5.41, 5.74) is 7.29. The zero-order chi connectivity index (χ0) is 13.8. The van der Waals surface area contributed by atoms with Gasteiger partial charge in [-0.25, -0.2) is 0 Å². The van der Waals surface area contributed by atoms with Crippen molar-refractivity contribution >= 4 is 27.6 Å². The molecule has 1 atom stereocenters. The van der Waals surface area contributed by atoms with E-state index < -0.39 is 11.9 Å². The molecule has 0 aromatic heterocycles. The van der Waals surface area contributed by atoms with Crippen LogP contribution in [0.5, 0.6) is 0 Å². The van der Waals surface area contributed by atoms with Crippen LogP contribution in [0.3, 0.4) is 0 Å². The molecule has 0 radical (unpaired) electrons. The maximum atomic E-state index is 11.5. The summed E-state index contributed by atoms with van der Waals surface area (Å²) in [7, 11) is 0. The molecule has 3 nitrogen and oxygen atoms in total. The number of para-hydroxylation sites is 1. The third kappa shape index (κ3) is 3.50. The van der Waals surface area contributed by atoms with Gasteiger partial charge in [0, 0.05) is 10.2 Å². The molecule has 0 heterocycles. The van der Waals surface area contributed by atoms with Crippen LogP contribution < -0.4 is 5.73 Å². The molecule has 1 aromatic carbocycles. The molecule has 1 aromatic rings. The molecule has 1 unspecified atom stereocenters. The van der Waals surface area contributed by atoms with E-state index in [0.29, 0.717) is 18.0 Å². The molecule has 4 heteroatoms. The molecule has 104 valence electrons. The van der Waals surface area contributed by atoms with Crippen molar-refractivity contribution in [1.29, 1.82) is 0 Å². The van der Waals surface area contributed by atoms with Gasteiger partial charge in [-0.05, 0) is 46.3 Å². The molecule has 1 aliphatic rings. The van der Waals surface area contributed by atoms with Crippen LogP contribution in [0.15, 0.2) is 22.7 Å². The Labute approximate surface area is 122 Å². The van der Waals surface area contributed by atoms with Crippen LogP contribution in [-0.2, 0) is 4.79 Å². The van der Waals surface area contributed by atoms with E-state index in [9.17, 15) is 9.90 Å². The maximum absolute atomic E-state index is 11.5. The summed E-state index contributed by atoms with van der Waals surface area (Å²) >= 11 is 3.36. The average molecular weight is 326 g/mol. The highest BCUT2D eigenvalue weighted by Gasteiger charge is 2.25. The first-order valence-electron chi connectivity index (χ1n) is 6.86. The second kappa shape index (κ2) is 6.42. The van der Waals surface area contributed by atoms with Gasteiger partial charge in [-0.3, -0.25) is 4.79 Å². The third-order valence-corrected chi connectivity index (χ3v) is 4.79. The summed E-state index contributed by atoms with van der Waals surface area (Å²) < 4.78 is 0.775. The summed E-state index contributed by atoms with van der Waals surface area (Å²) in [5.74, 6) is -0.559. The van der Waals surface area contributed by atoms with Gasteiger partial charge in [0.1, 0.15) is 0 Å². The van der Waals surface area contributed by atoms with Crippen LogP contribution in [0, 0.1) is 5.92 Å². The summed E-state index contributed by atoms with van der Waals surface area (Å²) in [6, 6.07) is 5.52. The molecule has 0 spiro atoms. The first kappa shape index (κ1) is 14.4. The fourth-order valence-corrected chi connectivity index (χ4v) is 3.35. The van der Waals surface area contributed by atoms with Crippen molar-refractivity contribution in [3.8, 4) is 0 Å². The van der Waals surface area contributed by atoms with Crippen LogP contribution >= 0.6 is 15.9 Å². The molecular weight excluding hydrogens is 306 g/mol. The molecule has 1 aliphatic carbocycles. The second-order valence-electron chi connectivity index (χ2n) is 5.36. The highest BCUT2D eigenvalue weighted by Crippen LogP contribution is 2.35. The fraction of sp³-hybridized carbons (Fsp3) is 0.533.